The minimum absolute atomic E-state index is 0.484. The predicted octanol–water partition coefficient (Wildman–Crippen LogP) is -0.762. The van der Waals surface area contributed by atoms with Crippen molar-refractivity contribution in [2.75, 3.05) is 32.8 Å². The fourth-order valence-corrected chi connectivity index (χ4v) is 1.46. The Labute approximate surface area is 80.8 Å². The van der Waals surface area contributed by atoms with Crippen LogP contribution in [0, 0.1) is 0 Å². The Bertz CT molecular complexity index is 327. The van der Waals surface area contributed by atoms with Crippen molar-refractivity contribution < 1.29 is 9.26 Å². The molecule has 1 fully saturated rings. The van der Waals surface area contributed by atoms with Gasteiger partial charge in [-0.2, -0.15) is 0 Å². The van der Waals surface area contributed by atoms with Crippen LogP contribution in [0.1, 0.15) is 5.82 Å². The fraction of sp³-hybridized carbons (Fsp3) is 0.750. The number of hydrogen-bond acceptors (Lipinski definition) is 5. The molecule has 14 heavy (non-hydrogen) atoms. The van der Waals surface area contributed by atoms with Crippen molar-refractivity contribution in [2.45, 2.75) is 6.42 Å². The molecule has 0 spiro atoms. The predicted molar refractivity (Wildman–Crippen MR) is 48.1 cm³/mol. The van der Waals surface area contributed by atoms with Crippen molar-refractivity contribution >= 4 is 0 Å². The lowest BCUT2D eigenvalue weighted by molar-refractivity contribution is 0.0381. The molecule has 6 heteroatoms. The molecular weight excluding hydrogens is 186 g/mol. The Kier molecular flexibility index (Phi) is 2.95. The lowest BCUT2D eigenvalue weighted by Crippen LogP contribution is -2.37. The molecule has 6 nitrogen and oxygen atoms in total. The van der Waals surface area contributed by atoms with Crippen LogP contribution in [0.25, 0.3) is 0 Å². The van der Waals surface area contributed by atoms with E-state index < -0.39 is 5.76 Å². The van der Waals surface area contributed by atoms with Gasteiger partial charge in [-0.05, 0) is 0 Å². The molecule has 1 aliphatic rings. The fourth-order valence-electron chi connectivity index (χ4n) is 1.46. The summed E-state index contributed by atoms with van der Waals surface area (Å²) in [5.41, 5.74) is 0. The highest BCUT2D eigenvalue weighted by Gasteiger charge is 2.10. The highest BCUT2D eigenvalue weighted by atomic mass is 16.5. The van der Waals surface area contributed by atoms with Crippen LogP contribution in [-0.4, -0.2) is 47.9 Å². The van der Waals surface area contributed by atoms with Gasteiger partial charge in [0.15, 0.2) is 5.82 Å². The van der Waals surface area contributed by atoms with Gasteiger partial charge in [0.25, 0.3) is 0 Å². The summed E-state index contributed by atoms with van der Waals surface area (Å²) in [5, 5.41) is 3.60. The van der Waals surface area contributed by atoms with Crippen LogP contribution in [-0.2, 0) is 11.2 Å². The third-order valence-electron chi connectivity index (χ3n) is 2.25. The smallest absolute Gasteiger partial charge is 0.379 e. The van der Waals surface area contributed by atoms with Gasteiger partial charge >= 0.3 is 5.76 Å². The summed E-state index contributed by atoms with van der Waals surface area (Å²) in [6, 6.07) is 0. The molecule has 78 valence electrons. The van der Waals surface area contributed by atoms with Crippen molar-refractivity contribution in [3.8, 4) is 0 Å². The number of hydrogen-bond donors (Lipinski definition) is 1. The number of rotatable bonds is 3. The van der Waals surface area contributed by atoms with Crippen molar-refractivity contribution in [1.29, 1.82) is 0 Å². The molecule has 1 N–H and O–H groups in total. The van der Waals surface area contributed by atoms with E-state index in [1.807, 2.05) is 0 Å². The quantitative estimate of drug-likeness (QED) is 0.692. The summed E-state index contributed by atoms with van der Waals surface area (Å²) in [6.07, 6.45) is 0.714. The maximum atomic E-state index is 10.6. The molecule has 0 amide bonds. The van der Waals surface area contributed by atoms with E-state index in [2.05, 4.69) is 19.6 Å². The first-order valence-corrected chi connectivity index (χ1v) is 4.69. The molecule has 1 saturated heterocycles. The molecule has 0 bridgehead atoms. The molecule has 0 aromatic carbocycles. The van der Waals surface area contributed by atoms with Gasteiger partial charge in [0.05, 0.1) is 13.2 Å². The van der Waals surface area contributed by atoms with Crippen LogP contribution >= 0.6 is 0 Å². The molecular formula is C8H13N3O3. The summed E-state index contributed by atoms with van der Waals surface area (Å²) in [4.78, 5) is 15.4. The van der Waals surface area contributed by atoms with Gasteiger partial charge in [-0.1, -0.05) is 5.16 Å². The van der Waals surface area contributed by atoms with Crippen LogP contribution in [0.3, 0.4) is 0 Å². The second-order valence-corrected chi connectivity index (χ2v) is 3.25. The lowest BCUT2D eigenvalue weighted by atomic mass is 10.3. The van der Waals surface area contributed by atoms with Gasteiger partial charge < -0.3 is 4.74 Å². The monoisotopic (exact) mass is 199 g/mol. The lowest BCUT2D eigenvalue weighted by Gasteiger charge is -2.25. The summed E-state index contributed by atoms with van der Waals surface area (Å²) < 4.78 is 9.62. The minimum atomic E-state index is -0.484. The van der Waals surface area contributed by atoms with Crippen molar-refractivity contribution in [3.05, 3.63) is 16.4 Å². The second-order valence-electron chi connectivity index (χ2n) is 3.25. The van der Waals surface area contributed by atoms with Gasteiger partial charge in [-0.3, -0.25) is 14.4 Å². The van der Waals surface area contributed by atoms with Gasteiger partial charge in [-0.15, -0.1) is 0 Å². The van der Waals surface area contributed by atoms with E-state index in [0.717, 1.165) is 32.8 Å². The summed E-state index contributed by atoms with van der Waals surface area (Å²) in [6.45, 7) is 4.35. The van der Waals surface area contributed by atoms with E-state index in [4.69, 9.17) is 4.74 Å². The van der Waals surface area contributed by atoms with Gasteiger partial charge in [-0.25, -0.2) is 4.79 Å². The molecule has 1 aliphatic heterocycles. The first kappa shape index (κ1) is 9.42. The van der Waals surface area contributed by atoms with Gasteiger partial charge in [0.1, 0.15) is 0 Å². The maximum absolute atomic E-state index is 10.6. The normalized spacial score (nSPS) is 18.6. The molecule has 2 heterocycles. The standard InChI is InChI=1S/C8H13N3O3/c12-8-9-7(10-14-8)1-2-11-3-5-13-6-4-11/h1-6H2,(H,9,10,12). The maximum Gasteiger partial charge on any atom is 0.438 e. The zero-order valence-corrected chi connectivity index (χ0v) is 7.86. The number of H-pyrrole nitrogens is 1. The number of nitrogens with zero attached hydrogens (tertiary/aromatic N) is 2. The van der Waals surface area contributed by atoms with Crippen molar-refractivity contribution in [2.24, 2.45) is 0 Å². The number of ether oxygens (including phenoxy) is 1. The van der Waals surface area contributed by atoms with E-state index in [9.17, 15) is 4.79 Å². The third kappa shape index (κ3) is 2.43. The van der Waals surface area contributed by atoms with Crippen LogP contribution < -0.4 is 5.76 Å². The molecule has 0 radical (unpaired) electrons. The molecule has 0 unspecified atom stereocenters. The molecule has 0 aliphatic carbocycles. The number of morpholine rings is 1. The van der Waals surface area contributed by atoms with Crippen LogP contribution in [0.5, 0.6) is 0 Å². The molecule has 2 rings (SSSR count). The second kappa shape index (κ2) is 4.39. The van der Waals surface area contributed by atoms with E-state index in [1.54, 1.807) is 0 Å². The summed E-state index contributed by atoms with van der Waals surface area (Å²) >= 11 is 0. The largest absolute Gasteiger partial charge is 0.438 e. The molecule has 1 aromatic heterocycles. The summed E-state index contributed by atoms with van der Waals surface area (Å²) in [7, 11) is 0. The third-order valence-corrected chi connectivity index (χ3v) is 2.25. The Hall–Kier alpha value is -1.14. The van der Waals surface area contributed by atoms with E-state index in [0.29, 0.717) is 12.2 Å². The molecule has 1 aromatic rings. The summed E-state index contributed by atoms with van der Waals surface area (Å²) in [5.74, 6) is 0.128. The van der Waals surface area contributed by atoms with Crippen LogP contribution in [0.2, 0.25) is 0 Å². The zero-order valence-electron chi connectivity index (χ0n) is 7.86. The van der Waals surface area contributed by atoms with Crippen molar-refractivity contribution in [1.82, 2.24) is 15.0 Å². The molecule has 0 atom stereocenters. The van der Waals surface area contributed by atoms with Crippen LogP contribution in [0.15, 0.2) is 9.32 Å². The van der Waals surface area contributed by atoms with E-state index in [1.165, 1.54) is 0 Å². The highest BCUT2D eigenvalue weighted by Crippen LogP contribution is 1.98. The van der Waals surface area contributed by atoms with Crippen LogP contribution in [0.4, 0.5) is 0 Å². The Morgan fingerprint density at radius 1 is 1.43 bits per heavy atom. The van der Waals surface area contributed by atoms with E-state index in [-0.39, 0.29) is 0 Å². The SMILES string of the molecule is O=c1[nH]c(CCN2CCOCC2)no1. The Morgan fingerprint density at radius 2 is 2.21 bits per heavy atom. The minimum Gasteiger partial charge on any atom is -0.379 e. The van der Waals surface area contributed by atoms with Crippen molar-refractivity contribution in [3.63, 3.8) is 0 Å². The molecule has 0 saturated carbocycles. The van der Waals surface area contributed by atoms with Gasteiger partial charge in [0, 0.05) is 26.1 Å². The first-order valence-electron chi connectivity index (χ1n) is 4.69. The average molecular weight is 199 g/mol. The number of nitrogens with one attached hydrogen (secondary N) is 1. The highest BCUT2D eigenvalue weighted by molar-refractivity contribution is 4.80. The zero-order chi connectivity index (χ0) is 9.80. The topological polar surface area (TPSA) is 71.4 Å². The van der Waals surface area contributed by atoms with E-state index >= 15 is 0 Å². The Morgan fingerprint density at radius 3 is 2.86 bits per heavy atom. The van der Waals surface area contributed by atoms with Gasteiger partial charge in [0.2, 0.25) is 0 Å². The Balaban J connectivity index is 1.78. The first-order chi connectivity index (χ1) is 6.84. The number of aromatic nitrogens is 2. The number of aromatic amines is 1. The average Bonchev–Trinajstić information content (AvgIpc) is 2.63.